The SMILES string of the molecule is O=S(=O)(NC1(CO)CCC1)C(F)(F)F. The first kappa shape index (κ1) is 11.7. The molecule has 0 bridgehead atoms. The Labute approximate surface area is 79.2 Å². The summed E-state index contributed by atoms with van der Waals surface area (Å²) < 4.78 is 58.6. The molecule has 0 radical (unpaired) electrons. The van der Waals surface area contributed by atoms with Crippen molar-refractivity contribution in [2.24, 2.45) is 0 Å². The topological polar surface area (TPSA) is 66.4 Å². The van der Waals surface area contributed by atoms with Crippen molar-refractivity contribution < 1.29 is 26.7 Å². The summed E-state index contributed by atoms with van der Waals surface area (Å²) in [6.45, 7) is -0.609. The molecule has 1 fully saturated rings. The number of sulfonamides is 1. The molecule has 0 saturated heterocycles. The molecule has 1 saturated carbocycles. The summed E-state index contributed by atoms with van der Waals surface area (Å²) >= 11 is 0. The van der Waals surface area contributed by atoms with Crippen LogP contribution < -0.4 is 4.72 Å². The first-order valence-corrected chi connectivity index (χ1v) is 5.42. The maximum absolute atomic E-state index is 11.9. The first-order chi connectivity index (χ1) is 6.22. The molecular formula is C6H10F3NO3S. The number of aliphatic hydroxyl groups excluding tert-OH is 1. The van der Waals surface area contributed by atoms with Gasteiger partial charge in [0.05, 0.1) is 12.1 Å². The van der Waals surface area contributed by atoms with E-state index in [0.29, 0.717) is 6.42 Å². The molecule has 4 nitrogen and oxygen atoms in total. The second-order valence-electron chi connectivity index (χ2n) is 3.34. The Morgan fingerprint density at radius 2 is 1.86 bits per heavy atom. The van der Waals surface area contributed by atoms with Gasteiger partial charge in [-0.15, -0.1) is 0 Å². The normalized spacial score (nSPS) is 21.7. The van der Waals surface area contributed by atoms with Gasteiger partial charge in [-0.2, -0.15) is 17.9 Å². The third kappa shape index (κ3) is 2.01. The molecule has 2 N–H and O–H groups in total. The van der Waals surface area contributed by atoms with Gasteiger partial charge in [0.15, 0.2) is 0 Å². The summed E-state index contributed by atoms with van der Waals surface area (Å²) in [5, 5.41) is 8.77. The van der Waals surface area contributed by atoms with Gasteiger partial charge in [0.1, 0.15) is 0 Å². The van der Waals surface area contributed by atoms with Gasteiger partial charge in [-0.3, -0.25) is 0 Å². The van der Waals surface area contributed by atoms with Crippen LogP contribution in [0, 0.1) is 0 Å². The fourth-order valence-corrected chi connectivity index (χ4v) is 2.19. The molecule has 14 heavy (non-hydrogen) atoms. The maximum Gasteiger partial charge on any atom is 0.511 e. The number of nitrogens with one attached hydrogen (secondary N) is 1. The average Bonchev–Trinajstić information content (AvgIpc) is 1.94. The fourth-order valence-electron chi connectivity index (χ4n) is 1.24. The van der Waals surface area contributed by atoms with Crippen LogP contribution in [0.25, 0.3) is 0 Å². The summed E-state index contributed by atoms with van der Waals surface area (Å²) in [6.07, 6.45) is 1.08. The van der Waals surface area contributed by atoms with Crippen LogP contribution in [0.3, 0.4) is 0 Å². The van der Waals surface area contributed by atoms with Crippen molar-refractivity contribution in [2.75, 3.05) is 6.61 Å². The van der Waals surface area contributed by atoms with Crippen molar-refractivity contribution in [1.82, 2.24) is 4.72 Å². The molecule has 0 aromatic rings. The minimum atomic E-state index is -5.34. The van der Waals surface area contributed by atoms with Crippen LogP contribution in [0.4, 0.5) is 13.2 Å². The Hall–Kier alpha value is -0.340. The van der Waals surface area contributed by atoms with Crippen LogP contribution in [0.2, 0.25) is 0 Å². The smallest absolute Gasteiger partial charge is 0.394 e. The van der Waals surface area contributed by atoms with E-state index in [0.717, 1.165) is 0 Å². The van der Waals surface area contributed by atoms with Gasteiger partial charge < -0.3 is 5.11 Å². The third-order valence-corrected chi connectivity index (χ3v) is 3.58. The van der Waals surface area contributed by atoms with Crippen LogP contribution in [-0.2, 0) is 10.0 Å². The molecule has 1 aliphatic rings. The lowest BCUT2D eigenvalue weighted by Gasteiger charge is -2.40. The quantitative estimate of drug-likeness (QED) is 0.738. The number of rotatable bonds is 3. The molecule has 0 spiro atoms. The summed E-state index contributed by atoms with van der Waals surface area (Å²) in [5.74, 6) is 0. The molecule has 0 amide bonds. The van der Waals surface area contributed by atoms with Crippen molar-refractivity contribution in [1.29, 1.82) is 0 Å². The van der Waals surface area contributed by atoms with E-state index < -0.39 is 27.7 Å². The number of hydrogen-bond acceptors (Lipinski definition) is 3. The zero-order chi connectivity index (χ0) is 11.0. The molecule has 0 aliphatic heterocycles. The highest BCUT2D eigenvalue weighted by atomic mass is 32.2. The van der Waals surface area contributed by atoms with E-state index in [1.165, 1.54) is 4.72 Å². The molecule has 0 atom stereocenters. The molecule has 1 rings (SSSR count). The van der Waals surface area contributed by atoms with Crippen molar-refractivity contribution >= 4 is 10.0 Å². The van der Waals surface area contributed by atoms with Crippen LogP contribution in [0.15, 0.2) is 0 Å². The second-order valence-corrected chi connectivity index (χ2v) is 5.02. The summed E-state index contributed by atoms with van der Waals surface area (Å²) in [4.78, 5) is 0. The number of aliphatic hydroxyl groups is 1. The minimum Gasteiger partial charge on any atom is -0.394 e. The van der Waals surface area contributed by atoms with E-state index in [9.17, 15) is 21.6 Å². The molecule has 8 heteroatoms. The Balaban J connectivity index is 2.78. The average molecular weight is 233 g/mol. The van der Waals surface area contributed by atoms with Crippen LogP contribution in [-0.4, -0.2) is 31.2 Å². The van der Waals surface area contributed by atoms with Crippen LogP contribution >= 0.6 is 0 Å². The molecule has 0 unspecified atom stereocenters. The lowest BCUT2D eigenvalue weighted by Crippen LogP contribution is -2.58. The fraction of sp³-hybridized carbons (Fsp3) is 1.00. The lowest BCUT2D eigenvalue weighted by atomic mass is 9.78. The van der Waals surface area contributed by atoms with Gasteiger partial charge in [-0.05, 0) is 19.3 Å². The van der Waals surface area contributed by atoms with Gasteiger partial charge in [0.25, 0.3) is 0 Å². The maximum atomic E-state index is 11.9. The Morgan fingerprint density at radius 3 is 2.07 bits per heavy atom. The van der Waals surface area contributed by atoms with Gasteiger partial charge in [0.2, 0.25) is 0 Å². The molecular weight excluding hydrogens is 223 g/mol. The van der Waals surface area contributed by atoms with E-state index in [2.05, 4.69) is 0 Å². The Kier molecular flexibility index (Phi) is 2.81. The first-order valence-electron chi connectivity index (χ1n) is 3.94. The van der Waals surface area contributed by atoms with Crippen molar-refractivity contribution in [3.05, 3.63) is 0 Å². The lowest BCUT2D eigenvalue weighted by molar-refractivity contribution is -0.0470. The van der Waals surface area contributed by atoms with E-state index in [1.807, 2.05) is 0 Å². The summed E-state index contributed by atoms with van der Waals surface area (Å²) in [6, 6.07) is 0. The Bertz CT molecular complexity index is 301. The summed E-state index contributed by atoms with van der Waals surface area (Å²) in [5.41, 5.74) is -6.61. The highest BCUT2D eigenvalue weighted by Crippen LogP contribution is 2.34. The molecule has 0 aromatic carbocycles. The Morgan fingerprint density at radius 1 is 1.36 bits per heavy atom. The van der Waals surface area contributed by atoms with E-state index in [-0.39, 0.29) is 12.8 Å². The molecule has 0 aromatic heterocycles. The van der Waals surface area contributed by atoms with Crippen molar-refractivity contribution in [3.8, 4) is 0 Å². The molecule has 84 valence electrons. The van der Waals surface area contributed by atoms with Crippen molar-refractivity contribution in [3.63, 3.8) is 0 Å². The van der Waals surface area contributed by atoms with Gasteiger partial charge in [-0.25, -0.2) is 8.42 Å². The minimum absolute atomic E-state index is 0.235. The van der Waals surface area contributed by atoms with Crippen molar-refractivity contribution in [2.45, 2.75) is 30.3 Å². The van der Waals surface area contributed by atoms with E-state index >= 15 is 0 Å². The zero-order valence-electron chi connectivity index (χ0n) is 7.13. The van der Waals surface area contributed by atoms with Gasteiger partial charge in [-0.1, -0.05) is 0 Å². The second kappa shape index (κ2) is 3.35. The van der Waals surface area contributed by atoms with Gasteiger partial charge >= 0.3 is 15.5 Å². The number of halogens is 3. The predicted molar refractivity (Wildman–Crippen MR) is 41.8 cm³/mol. The van der Waals surface area contributed by atoms with E-state index in [1.54, 1.807) is 0 Å². The van der Waals surface area contributed by atoms with E-state index in [4.69, 9.17) is 5.11 Å². The standard InChI is InChI=1S/C6H10F3NO3S/c7-6(8,9)14(12,13)10-5(4-11)2-1-3-5/h10-11H,1-4H2. The van der Waals surface area contributed by atoms with Gasteiger partial charge in [0, 0.05) is 0 Å². The largest absolute Gasteiger partial charge is 0.511 e. The zero-order valence-corrected chi connectivity index (χ0v) is 7.95. The number of hydrogen-bond donors (Lipinski definition) is 2. The highest BCUT2D eigenvalue weighted by molar-refractivity contribution is 7.90. The molecule has 0 heterocycles. The van der Waals surface area contributed by atoms with Crippen LogP contribution in [0.1, 0.15) is 19.3 Å². The monoisotopic (exact) mass is 233 g/mol. The predicted octanol–water partition coefficient (Wildman–Crippen LogP) is 0.341. The highest BCUT2D eigenvalue weighted by Gasteiger charge is 2.51. The summed E-state index contributed by atoms with van der Waals surface area (Å²) in [7, 11) is -5.34. The third-order valence-electron chi connectivity index (χ3n) is 2.27. The number of alkyl halides is 3. The van der Waals surface area contributed by atoms with Crippen LogP contribution in [0.5, 0.6) is 0 Å². The molecule has 1 aliphatic carbocycles.